The lowest BCUT2D eigenvalue weighted by Crippen LogP contribution is -2.46. The third-order valence-corrected chi connectivity index (χ3v) is 2.86. The minimum atomic E-state index is -0.465. The van der Waals surface area contributed by atoms with Crippen LogP contribution in [0.3, 0.4) is 0 Å². The summed E-state index contributed by atoms with van der Waals surface area (Å²) in [5.74, 6) is 0. The van der Waals surface area contributed by atoms with Crippen LogP contribution in [0.1, 0.15) is 25.8 Å². The Kier molecular flexibility index (Phi) is 4.93. The number of carbonyl (C=O) groups is 1. The molecule has 0 saturated heterocycles. The van der Waals surface area contributed by atoms with Crippen molar-refractivity contribution in [2.24, 2.45) is 0 Å². The van der Waals surface area contributed by atoms with Crippen molar-refractivity contribution in [3.05, 3.63) is 23.0 Å². The number of aliphatic hydroxyl groups excluding tert-OH is 1. The van der Waals surface area contributed by atoms with Gasteiger partial charge in [0.2, 0.25) is 0 Å². The van der Waals surface area contributed by atoms with Crippen LogP contribution in [-0.4, -0.2) is 28.3 Å². The summed E-state index contributed by atoms with van der Waals surface area (Å²) >= 11 is 5.80. The Morgan fingerprint density at radius 3 is 2.78 bits per heavy atom. The van der Waals surface area contributed by atoms with Gasteiger partial charge >= 0.3 is 6.03 Å². The zero-order chi connectivity index (χ0) is 13.8. The normalized spacial score (nSPS) is 11.2. The zero-order valence-corrected chi connectivity index (χ0v) is 11.5. The van der Waals surface area contributed by atoms with E-state index in [1.165, 1.54) is 6.20 Å². The molecule has 0 spiro atoms. The summed E-state index contributed by atoms with van der Waals surface area (Å²) in [7, 11) is 0. The molecule has 5 nitrogen and oxygen atoms in total. The average molecular weight is 272 g/mol. The number of urea groups is 1. The van der Waals surface area contributed by atoms with E-state index >= 15 is 0 Å². The number of hydrogen-bond acceptors (Lipinski definition) is 3. The number of amides is 2. The molecule has 1 aromatic heterocycles. The molecule has 0 fully saturated rings. The molecule has 3 N–H and O–H groups in total. The molecule has 0 aromatic carbocycles. The van der Waals surface area contributed by atoms with E-state index in [9.17, 15) is 4.79 Å². The first-order valence-electron chi connectivity index (χ1n) is 5.66. The zero-order valence-electron chi connectivity index (χ0n) is 10.7. The van der Waals surface area contributed by atoms with Crippen LogP contribution in [0, 0.1) is 6.92 Å². The number of halogens is 1. The second kappa shape index (κ2) is 6.02. The number of nitrogens with zero attached hydrogens (tertiary/aromatic N) is 1. The third kappa shape index (κ3) is 4.50. The first-order chi connectivity index (χ1) is 8.34. The number of nitrogens with one attached hydrogen (secondary N) is 2. The molecule has 0 atom stereocenters. The van der Waals surface area contributed by atoms with Crippen molar-refractivity contribution in [3.63, 3.8) is 0 Å². The smallest absolute Gasteiger partial charge is 0.319 e. The van der Waals surface area contributed by atoms with Crippen molar-refractivity contribution >= 4 is 23.3 Å². The van der Waals surface area contributed by atoms with Crippen molar-refractivity contribution in [2.75, 3.05) is 11.9 Å². The Balaban J connectivity index is 2.62. The number of carbonyl (C=O) groups excluding carboxylic acids is 1. The van der Waals surface area contributed by atoms with Crippen LogP contribution >= 0.6 is 11.6 Å². The fourth-order valence-corrected chi connectivity index (χ4v) is 1.54. The topological polar surface area (TPSA) is 74.2 Å². The van der Waals surface area contributed by atoms with E-state index in [4.69, 9.17) is 16.7 Å². The summed E-state index contributed by atoms with van der Waals surface area (Å²) in [6.45, 7) is 5.52. The molecular weight excluding hydrogens is 254 g/mol. The van der Waals surface area contributed by atoms with Gasteiger partial charge in [-0.25, -0.2) is 9.78 Å². The lowest BCUT2D eigenvalue weighted by molar-refractivity contribution is 0.218. The molecule has 18 heavy (non-hydrogen) atoms. The second-order valence-electron chi connectivity index (χ2n) is 4.77. The van der Waals surface area contributed by atoms with Crippen LogP contribution < -0.4 is 10.6 Å². The largest absolute Gasteiger partial charge is 0.396 e. The van der Waals surface area contributed by atoms with Gasteiger partial charge in [0.05, 0.1) is 11.9 Å². The highest BCUT2D eigenvalue weighted by molar-refractivity contribution is 6.30. The van der Waals surface area contributed by atoms with Crippen molar-refractivity contribution in [2.45, 2.75) is 32.7 Å². The number of anilines is 1. The molecule has 100 valence electrons. The predicted molar refractivity (Wildman–Crippen MR) is 71.9 cm³/mol. The van der Waals surface area contributed by atoms with Crippen molar-refractivity contribution < 1.29 is 9.90 Å². The standard InChI is InChI=1S/C12H18ClN3O2/c1-8-6-9(7-14-10(8)13)15-11(18)16-12(2,3)4-5-17/h6-7,17H,4-5H2,1-3H3,(H2,15,16,18). The van der Waals surface area contributed by atoms with E-state index in [0.717, 1.165) is 5.56 Å². The van der Waals surface area contributed by atoms with Gasteiger partial charge in [-0.05, 0) is 38.8 Å². The number of rotatable bonds is 4. The highest BCUT2D eigenvalue weighted by Gasteiger charge is 2.19. The van der Waals surface area contributed by atoms with Crippen molar-refractivity contribution in [1.82, 2.24) is 10.3 Å². The summed E-state index contributed by atoms with van der Waals surface area (Å²) in [5.41, 5.74) is 0.909. The van der Waals surface area contributed by atoms with Gasteiger partial charge in [-0.15, -0.1) is 0 Å². The van der Waals surface area contributed by atoms with Gasteiger partial charge in [-0.2, -0.15) is 0 Å². The van der Waals surface area contributed by atoms with E-state index < -0.39 is 5.54 Å². The minimum Gasteiger partial charge on any atom is -0.396 e. The maximum absolute atomic E-state index is 11.7. The van der Waals surface area contributed by atoms with E-state index in [1.54, 1.807) is 6.07 Å². The average Bonchev–Trinajstić information content (AvgIpc) is 2.22. The summed E-state index contributed by atoms with van der Waals surface area (Å²) in [6.07, 6.45) is 1.98. The molecule has 0 aliphatic heterocycles. The van der Waals surface area contributed by atoms with Crippen LogP contribution in [0.2, 0.25) is 5.15 Å². The maximum atomic E-state index is 11.7. The maximum Gasteiger partial charge on any atom is 0.319 e. The molecule has 6 heteroatoms. The minimum absolute atomic E-state index is 0.0227. The lowest BCUT2D eigenvalue weighted by Gasteiger charge is -2.25. The summed E-state index contributed by atoms with van der Waals surface area (Å²) in [5, 5.41) is 14.7. The van der Waals surface area contributed by atoms with Crippen LogP contribution in [0.15, 0.2) is 12.3 Å². The first kappa shape index (κ1) is 14.7. The Labute approximate surface area is 112 Å². The second-order valence-corrected chi connectivity index (χ2v) is 5.13. The van der Waals surface area contributed by atoms with E-state index in [0.29, 0.717) is 17.3 Å². The van der Waals surface area contributed by atoms with Gasteiger partial charge in [0.1, 0.15) is 5.15 Å². The van der Waals surface area contributed by atoms with E-state index in [1.807, 2.05) is 20.8 Å². The van der Waals surface area contributed by atoms with Gasteiger partial charge in [0.15, 0.2) is 0 Å². The molecule has 0 aliphatic carbocycles. The number of pyridine rings is 1. The Morgan fingerprint density at radius 2 is 2.22 bits per heavy atom. The van der Waals surface area contributed by atoms with Crippen molar-refractivity contribution in [3.8, 4) is 0 Å². The molecule has 0 radical (unpaired) electrons. The molecule has 0 unspecified atom stereocenters. The van der Waals surface area contributed by atoms with Gasteiger partial charge in [0.25, 0.3) is 0 Å². The first-order valence-corrected chi connectivity index (χ1v) is 6.04. The Bertz CT molecular complexity index is 435. The number of aryl methyl sites for hydroxylation is 1. The fraction of sp³-hybridized carbons (Fsp3) is 0.500. The molecule has 1 heterocycles. The molecule has 2 amide bonds. The SMILES string of the molecule is Cc1cc(NC(=O)NC(C)(C)CCO)cnc1Cl. The molecule has 0 bridgehead atoms. The highest BCUT2D eigenvalue weighted by atomic mass is 35.5. The summed E-state index contributed by atoms with van der Waals surface area (Å²) in [6, 6.07) is 1.41. The molecule has 1 aromatic rings. The monoisotopic (exact) mass is 271 g/mol. The Hall–Kier alpha value is -1.33. The van der Waals surface area contributed by atoms with Gasteiger partial charge < -0.3 is 15.7 Å². The van der Waals surface area contributed by atoms with Crippen LogP contribution in [0.5, 0.6) is 0 Å². The predicted octanol–water partition coefficient (Wildman–Crippen LogP) is 2.33. The third-order valence-electron chi connectivity index (χ3n) is 2.46. The quantitative estimate of drug-likeness (QED) is 0.736. The fourth-order valence-electron chi connectivity index (χ4n) is 1.44. The van der Waals surface area contributed by atoms with Gasteiger partial charge in [-0.1, -0.05) is 11.6 Å². The number of aromatic nitrogens is 1. The van der Waals surface area contributed by atoms with Gasteiger partial charge in [0, 0.05) is 12.1 Å². The summed E-state index contributed by atoms with van der Waals surface area (Å²) < 4.78 is 0. The molecule has 0 aliphatic rings. The number of aliphatic hydroxyl groups is 1. The number of hydrogen-bond donors (Lipinski definition) is 3. The van der Waals surface area contributed by atoms with Crippen LogP contribution in [0.25, 0.3) is 0 Å². The lowest BCUT2D eigenvalue weighted by atomic mass is 10.0. The molecule has 1 rings (SSSR count). The molecule has 0 saturated carbocycles. The van der Waals surface area contributed by atoms with Crippen molar-refractivity contribution in [1.29, 1.82) is 0 Å². The van der Waals surface area contributed by atoms with Gasteiger partial charge in [-0.3, -0.25) is 0 Å². The summed E-state index contributed by atoms with van der Waals surface area (Å²) in [4.78, 5) is 15.7. The van der Waals surface area contributed by atoms with E-state index in [-0.39, 0.29) is 12.6 Å². The highest BCUT2D eigenvalue weighted by Crippen LogP contribution is 2.16. The Morgan fingerprint density at radius 1 is 1.56 bits per heavy atom. The molecular formula is C12H18ClN3O2. The van der Waals surface area contributed by atoms with Crippen LogP contribution in [0.4, 0.5) is 10.5 Å². The van der Waals surface area contributed by atoms with Crippen LogP contribution in [-0.2, 0) is 0 Å². The van der Waals surface area contributed by atoms with E-state index in [2.05, 4.69) is 15.6 Å².